The van der Waals surface area contributed by atoms with Gasteiger partial charge in [0.05, 0.1) is 12.6 Å². The van der Waals surface area contributed by atoms with E-state index in [-0.39, 0.29) is 6.04 Å². The molecule has 1 aromatic heterocycles. The number of hydrogen-bond donors (Lipinski definition) is 3. The molecule has 0 aliphatic heterocycles. The monoisotopic (exact) mass is 239 g/mol. The minimum Gasteiger partial charge on any atom is -0.383 e. The number of nitrogens with one attached hydrogen (secondary N) is 2. The molecule has 1 heterocycles. The molecule has 96 valence electrons. The second-order valence-corrected chi connectivity index (χ2v) is 3.95. The van der Waals surface area contributed by atoms with Crippen molar-refractivity contribution in [2.75, 3.05) is 24.5 Å². The first-order valence-electron chi connectivity index (χ1n) is 5.77. The Hall–Kier alpha value is -1.40. The Morgan fingerprint density at radius 2 is 2.24 bits per heavy atom. The highest BCUT2D eigenvalue weighted by atomic mass is 16.5. The molecule has 0 spiro atoms. The molecular weight excluding hydrogens is 218 g/mol. The van der Waals surface area contributed by atoms with Crippen molar-refractivity contribution < 1.29 is 4.74 Å². The molecule has 0 saturated carbocycles. The van der Waals surface area contributed by atoms with Crippen molar-refractivity contribution in [3.05, 3.63) is 11.8 Å². The number of nitrogen functional groups attached to an aromatic ring is 1. The SMILES string of the molecule is CCCC(COC)Nc1cc(C)nc(NN)n1. The van der Waals surface area contributed by atoms with Crippen molar-refractivity contribution >= 4 is 11.8 Å². The Balaban J connectivity index is 2.73. The molecule has 1 atom stereocenters. The van der Waals surface area contributed by atoms with Crippen molar-refractivity contribution in [3.63, 3.8) is 0 Å². The number of hydrogen-bond acceptors (Lipinski definition) is 6. The minimum absolute atomic E-state index is 0.255. The van der Waals surface area contributed by atoms with Gasteiger partial charge >= 0.3 is 0 Å². The van der Waals surface area contributed by atoms with E-state index in [4.69, 9.17) is 10.6 Å². The van der Waals surface area contributed by atoms with Gasteiger partial charge in [0.2, 0.25) is 5.95 Å². The Labute approximate surface area is 102 Å². The van der Waals surface area contributed by atoms with Gasteiger partial charge in [-0.05, 0) is 13.3 Å². The number of hydrazine groups is 1. The second kappa shape index (κ2) is 7.03. The van der Waals surface area contributed by atoms with Crippen molar-refractivity contribution in [2.45, 2.75) is 32.7 Å². The summed E-state index contributed by atoms with van der Waals surface area (Å²) in [5, 5.41) is 3.32. The molecule has 0 radical (unpaired) electrons. The molecular formula is C11H21N5O. The van der Waals surface area contributed by atoms with Gasteiger partial charge in [0.1, 0.15) is 5.82 Å². The minimum atomic E-state index is 0.255. The normalized spacial score (nSPS) is 12.2. The van der Waals surface area contributed by atoms with Gasteiger partial charge in [-0.3, -0.25) is 5.43 Å². The third-order valence-corrected chi connectivity index (χ3v) is 2.34. The number of aromatic nitrogens is 2. The fourth-order valence-electron chi connectivity index (χ4n) is 1.66. The van der Waals surface area contributed by atoms with Crippen LogP contribution in [0.3, 0.4) is 0 Å². The van der Waals surface area contributed by atoms with Crippen LogP contribution in [0.25, 0.3) is 0 Å². The summed E-state index contributed by atoms with van der Waals surface area (Å²) in [4.78, 5) is 8.38. The molecule has 0 aromatic carbocycles. The number of nitrogens with two attached hydrogens (primary N) is 1. The molecule has 0 aliphatic carbocycles. The predicted octanol–water partition coefficient (Wildman–Crippen LogP) is 1.30. The maximum absolute atomic E-state index is 5.31. The van der Waals surface area contributed by atoms with E-state index in [2.05, 4.69) is 27.6 Å². The van der Waals surface area contributed by atoms with Crippen molar-refractivity contribution in [1.82, 2.24) is 9.97 Å². The first-order valence-corrected chi connectivity index (χ1v) is 5.77. The fourth-order valence-corrected chi connectivity index (χ4v) is 1.66. The highest BCUT2D eigenvalue weighted by Gasteiger charge is 2.09. The summed E-state index contributed by atoms with van der Waals surface area (Å²) in [5.74, 6) is 6.49. The average Bonchev–Trinajstić information content (AvgIpc) is 2.29. The number of ether oxygens (including phenoxy) is 1. The summed E-state index contributed by atoms with van der Waals surface area (Å²) in [7, 11) is 1.70. The molecule has 6 nitrogen and oxygen atoms in total. The van der Waals surface area contributed by atoms with Crippen LogP contribution in [0.4, 0.5) is 11.8 Å². The molecule has 4 N–H and O–H groups in total. The molecule has 0 bridgehead atoms. The van der Waals surface area contributed by atoms with E-state index in [1.54, 1.807) is 7.11 Å². The number of rotatable bonds is 7. The first-order chi connectivity index (χ1) is 8.19. The average molecular weight is 239 g/mol. The van der Waals surface area contributed by atoms with Gasteiger partial charge in [-0.25, -0.2) is 10.8 Å². The molecule has 0 saturated heterocycles. The van der Waals surface area contributed by atoms with Gasteiger partial charge < -0.3 is 10.1 Å². The Morgan fingerprint density at radius 1 is 1.47 bits per heavy atom. The molecule has 1 rings (SSSR count). The zero-order chi connectivity index (χ0) is 12.7. The van der Waals surface area contributed by atoms with E-state index in [0.29, 0.717) is 12.6 Å². The molecule has 1 unspecified atom stereocenters. The van der Waals surface area contributed by atoms with E-state index in [1.165, 1.54) is 0 Å². The summed E-state index contributed by atoms with van der Waals surface area (Å²) < 4.78 is 5.17. The zero-order valence-corrected chi connectivity index (χ0v) is 10.7. The lowest BCUT2D eigenvalue weighted by molar-refractivity contribution is 0.182. The van der Waals surface area contributed by atoms with Crippen molar-refractivity contribution in [3.8, 4) is 0 Å². The van der Waals surface area contributed by atoms with Gasteiger partial charge in [-0.15, -0.1) is 0 Å². The largest absolute Gasteiger partial charge is 0.383 e. The number of anilines is 2. The van der Waals surface area contributed by atoms with Gasteiger partial charge in [-0.2, -0.15) is 4.98 Å². The van der Waals surface area contributed by atoms with Crippen LogP contribution in [0.2, 0.25) is 0 Å². The maximum Gasteiger partial charge on any atom is 0.239 e. The molecule has 17 heavy (non-hydrogen) atoms. The summed E-state index contributed by atoms with van der Waals surface area (Å²) in [6.07, 6.45) is 2.12. The third-order valence-electron chi connectivity index (χ3n) is 2.34. The quantitative estimate of drug-likeness (QED) is 0.491. The van der Waals surface area contributed by atoms with Crippen LogP contribution in [-0.4, -0.2) is 29.7 Å². The van der Waals surface area contributed by atoms with Crippen LogP contribution in [0.1, 0.15) is 25.5 Å². The van der Waals surface area contributed by atoms with E-state index in [9.17, 15) is 0 Å². The zero-order valence-electron chi connectivity index (χ0n) is 10.7. The summed E-state index contributed by atoms with van der Waals surface area (Å²) in [6, 6.07) is 2.14. The Morgan fingerprint density at radius 3 is 2.82 bits per heavy atom. The molecule has 0 aliphatic rings. The number of nitrogens with zero attached hydrogens (tertiary/aromatic N) is 2. The summed E-state index contributed by atoms with van der Waals surface area (Å²) in [5.41, 5.74) is 3.32. The van der Waals surface area contributed by atoms with Gasteiger partial charge in [0.15, 0.2) is 0 Å². The second-order valence-electron chi connectivity index (χ2n) is 3.95. The van der Waals surface area contributed by atoms with Crippen LogP contribution < -0.4 is 16.6 Å². The molecule has 1 aromatic rings. The van der Waals surface area contributed by atoms with E-state index in [1.807, 2.05) is 13.0 Å². The van der Waals surface area contributed by atoms with Crippen LogP contribution in [0, 0.1) is 6.92 Å². The van der Waals surface area contributed by atoms with Gasteiger partial charge in [-0.1, -0.05) is 13.3 Å². The smallest absolute Gasteiger partial charge is 0.239 e. The van der Waals surface area contributed by atoms with Crippen LogP contribution in [0.5, 0.6) is 0 Å². The molecule has 6 heteroatoms. The van der Waals surface area contributed by atoms with Crippen molar-refractivity contribution in [2.24, 2.45) is 5.84 Å². The van der Waals surface area contributed by atoms with Crippen molar-refractivity contribution in [1.29, 1.82) is 0 Å². The standard InChI is InChI=1S/C11H21N5O/c1-4-5-9(7-17-3)14-10-6-8(2)13-11(15-10)16-12/h6,9H,4-5,7,12H2,1-3H3,(H2,13,14,15,16). The highest BCUT2D eigenvalue weighted by Crippen LogP contribution is 2.12. The highest BCUT2D eigenvalue weighted by molar-refractivity contribution is 5.42. The summed E-state index contributed by atoms with van der Waals surface area (Å²) in [6.45, 7) is 4.70. The Bertz CT molecular complexity index is 339. The lowest BCUT2D eigenvalue weighted by Gasteiger charge is -2.18. The van der Waals surface area contributed by atoms with Crippen LogP contribution in [0.15, 0.2) is 6.07 Å². The first kappa shape index (κ1) is 13.7. The number of aryl methyl sites for hydroxylation is 1. The third kappa shape index (κ3) is 4.54. The summed E-state index contributed by atoms with van der Waals surface area (Å²) >= 11 is 0. The molecule has 0 amide bonds. The number of methoxy groups -OCH3 is 1. The van der Waals surface area contributed by atoms with E-state index >= 15 is 0 Å². The maximum atomic E-state index is 5.31. The van der Waals surface area contributed by atoms with Gasteiger partial charge in [0, 0.05) is 18.9 Å². The van der Waals surface area contributed by atoms with E-state index in [0.717, 1.165) is 24.4 Å². The van der Waals surface area contributed by atoms with Crippen LogP contribution >= 0.6 is 0 Å². The van der Waals surface area contributed by atoms with Gasteiger partial charge in [0.25, 0.3) is 0 Å². The fraction of sp³-hybridized carbons (Fsp3) is 0.636. The predicted molar refractivity (Wildman–Crippen MR) is 68.8 cm³/mol. The van der Waals surface area contributed by atoms with Crippen LogP contribution in [-0.2, 0) is 4.74 Å². The Kier molecular flexibility index (Phi) is 5.65. The lowest BCUT2D eigenvalue weighted by Crippen LogP contribution is -2.25. The topological polar surface area (TPSA) is 85.1 Å². The van der Waals surface area contributed by atoms with E-state index < -0.39 is 0 Å². The molecule has 0 fully saturated rings. The lowest BCUT2D eigenvalue weighted by atomic mass is 10.2.